The van der Waals surface area contributed by atoms with Crippen molar-refractivity contribution in [3.8, 4) is 5.75 Å². The van der Waals surface area contributed by atoms with E-state index in [0.29, 0.717) is 5.92 Å². The summed E-state index contributed by atoms with van der Waals surface area (Å²) in [5.74, 6) is 1.41. The van der Waals surface area contributed by atoms with Gasteiger partial charge in [0.1, 0.15) is 5.75 Å². The average Bonchev–Trinajstić information content (AvgIpc) is 2.25. The van der Waals surface area contributed by atoms with Gasteiger partial charge in [0.15, 0.2) is 0 Å². The molecule has 2 N–H and O–H groups in total. The first-order valence-electron chi connectivity index (χ1n) is 6.68. The van der Waals surface area contributed by atoms with Gasteiger partial charge in [-0.15, -0.1) is 0 Å². The highest BCUT2D eigenvalue weighted by Crippen LogP contribution is 2.34. The summed E-state index contributed by atoms with van der Waals surface area (Å²) in [7, 11) is 1.71. The summed E-state index contributed by atoms with van der Waals surface area (Å²) >= 11 is 0. The van der Waals surface area contributed by atoms with Crippen LogP contribution < -0.4 is 10.5 Å². The first-order valence-corrected chi connectivity index (χ1v) is 6.68. The van der Waals surface area contributed by atoms with Crippen LogP contribution in [0.15, 0.2) is 18.2 Å². The SMILES string of the molecule is COc1ccc(C(C)C)cc1C(N)CC(C)(C)C. The van der Waals surface area contributed by atoms with Gasteiger partial charge in [0, 0.05) is 11.6 Å². The quantitative estimate of drug-likeness (QED) is 0.865. The zero-order valence-corrected chi connectivity index (χ0v) is 12.6. The van der Waals surface area contributed by atoms with E-state index in [1.165, 1.54) is 5.56 Å². The van der Waals surface area contributed by atoms with Crippen LogP contribution in [0.5, 0.6) is 5.75 Å². The Morgan fingerprint density at radius 3 is 2.28 bits per heavy atom. The molecular weight excluding hydrogens is 222 g/mol. The second-order valence-corrected chi connectivity index (χ2v) is 6.53. The predicted molar refractivity (Wildman–Crippen MR) is 78.1 cm³/mol. The molecule has 0 radical (unpaired) electrons. The molecule has 0 saturated heterocycles. The van der Waals surface area contributed by atoms with E-state index in [0.717, 1.165) is 17.7 Å². The maximum Gasteiger partial charge on any atom is 0.123 e. The van der Waals surface area contributed by atoms with Crippen molar-refractivity contribution in [1.29, 1.82) is 0 Å². The van der Waals surface area contributed by atoms with E-state index in [-0.39, 0.29) is 11.5 Å². The van der Waals surface area contributed by atoms with Crippen molar-refractivity contribution < 1.29 is 4.74 Å². The van der Waals surface area contributed by atoms with Gasteiger partial charge in [-0.25, -0.2) is 0 Å². The van der Waals surface area contributed by atoms with E-state index >= 15 is 0 Å². The van der Waals surface area contributed by atoms with Gasteiger partial charge in [-0.2, -0.15) is 0 Å². The monoisotopic (exact) mass is 249 g/mol. The fourth-order valence-corrected chi connectivity index (χ4v) is 2.17. The van der Waals surface area contributed by atoms with Crippen LogP contribution in [-0.4, -0.2) is 7.11 Å². The molecule has 1 rings (SSSR count). The summed E-state index contributed by atoms with van der Waals surface area (Å²) in [6.45, 7) is 11.0. The normalized spacial score (nSPS) is 13.8. The van der Waals surface area contributed by atoms with Crippen LogP contribution >= 0.6 is 0 Å². The van der Waals surface area contributed by atoms with Gasteiger partial charge < -0.3 is 10.5 Å². The average molecular weight is 249 g/mol. The van der Waals surface area contributed by atoms with Gasteiger partial charge in [0.2, 0.25) is 0 Å². The number of methoxy groups -OCH3 is 1. The molecule has 102 valence electrons. The number of hydrogen-bond acceptors (Lipinski definition) is 2. The molecule has 0 saturated carbocycles. The molecule has 0 bridgehead atoms. The molecule has 2 heteroatoms. The zero-order valence-electron chi connectivity index (χ0n) is 12.6. The van der Waals surface area contributed by atoms with Gasteiger partial charge in [0.25, 0.3) is 0 Å². The van der Waals surface area contributed by atoms with Crippen molar-refractivity contribution in [2.24, 2.45) is 11.1 Å². The first kappa shape index (κ1) is 15.0. The fraction of sp³-hybridized carbons (Fsp3) is 0.625. The highest BCUT2D eigenvalue weighted by molar-refractivity contribution is 5.40. The maximum absolute atomic E-state index is 6.35. The number of rotatable bonds is 4. The van der Waals surface area contributed by atoms with Gasteiger partial charge in [-0.05, 0) is 29.4 Å². The molecule has 0 spiro atoms. The lowest BCUT2D eigenvalue weighted by atomic mass is 9.85. The number of nitrogens with two attached hydrogens (primary N) is 1. The first-order chi connectivity index (χ1) is 8.24. The van der Waals surface area contributed by atoms with Crippen molar-refractivity contribution in [3.63, 3.8) is 0 Å². The lowest BCUT2D eigenvalue weighted by Crippen LogP contribution is -2.19. The molecule has 1 aromatic carbocycles. The Kier molecular flexibility index (Phi) is 4.80. The summed E-state index contributed by atoms with van der Waals surface area (Å²) in [5.41, 5.74) is 9.01. The minimum atomic E-state index is 0.0265. The zero-order chi connectivity index (χ0) is 13.9. The Morgan fingerprint density at radius 2 is 1.83 bits per heavy atom. The van der Waals surface area contributed by atoms with Crippen LogP contribution in [0.25, 0.3) is 0 Å². The number of benzene rings is 1. The third kappa shape index (κ3) is 4.02. The van der Waals surface area contributed by atoms with E-state index < -0.39 is 0 Å². The molecule has 0 aliphatic rings. The Balaban J connectivity index is 3.07. The molecular formula is C16H27NO. The second kappa shape index (κ2) is 5.75. The molecule has 1 aromatic rings. The second-order valence-electron chi connectivity index (χ2n) is 6.53. The van der Waals surface area contributed by atoms with Gasteiger partial charge in [-0.1, -0.05) is 46.8 Å². The van der Waals surface area contributed by atoms with Crippen LogP contribution in [-0.2, 0) is 0 Å². The van der Waals surface area contributed by atoms with E-state index in [1.807, 2.05) is 6.07 Å². The Bertz CT molecular complexity index is 391. The lowest BCUT2D eigenvalue weighted by molar-refractivity contribution is 0.334. The minimum absolute atomic E-state index is 0.0265. The Labute approximate surface area is 112 Å². The van der Waals surface area contributed by atoms with Crippen LogP contribution in [0.2, 0.25) is 0 Å². The summed E-state index contributed by atoms with van der Waals surface area (Å²) in [4.78, 5) is 0. The highest BCUT2D eigenvalue weighted by atomic mass is 16.5. The van der Waals surface area contributed by atoms with Crippen LogP contribution in [0, 0.1) is 5.41 Å². The van der Waals surface area contributed by atoms with Crippen LogP contribution in [0.1, 0.15) is 64.1 Å². The van der Waals surface area contributed by atoms with Crippen molar-refractivity contribution >= 4 is 0 Å². The van der Waals surface area contributed by atoms with Crippen LogP contribution in [0.3, 0.4) is 0 Å². The predicted octanol–water partition coefficient (Wildman–Crippen LogP) is 4.25. The molecule has 2 nitrogen and oxygen atoms in total. The van der Waals surface area contributed by atoms with E-state index in [4.69, 9.17) is 10.5 Å². The molecule has 0 aliphatic carbocycles. The largest absolute Gasteiger partial charge is 0.496 e. The van der Waals surface area contributed by atoms with Crippen molar-refractivity contribution in [3.05, 3.63) is 29.3 Å². The Morgan fingerprint density at radius 1 is 1.22 bits per heavy atom. The summed E-state index contributed by atoms with van der Waals surface area (Å²) in [5, 5.41) is 0. The van der Waals surface area contributed by atoms with Crippen molar-refractivity contribution in [2.45, 2.75) is 53.0 Å². The molecule has 0 fully saturated rings. The van der Waals surface area contributed by atoms with Crippen molar-refractivity contribution in [1.82, 2.24) is 0 Å². The molecule has 0 aromatic heterocycles. The summed E-state index contributed by atoms with van der Waals surface area (Å²) in [6.07, 6.45) is 0.949. The standard InChI is InChI=1S/C16H27NO/c1-11(2)12-7-8-15(18-6)13(9-12)14(17)10-16(3,4)5/h7-9,11,14H,10,17H2,1-6H3. The number of hydrogen-bond donors (Lipinski definition) is 1. The van der Waals surface area contributed by atoms with Gasteiger partial charge in [-0.3, -0.25) is 0 Å². The fourth-order valence-electron chi connectivity index (χ4n) is 2.17. The Hall–Kier alpha value is -1.02. The van der Waals surface area contributed by atoms with E-state index in [9.17, 15) is 0 Å². The molecule has 1 unspecified atom stereocenters. The van der Waals surface area contributed by atoms with Crippen molar-refractivity contribution in [2.75, 3.05) is 7.11 Å². The molecule has 18 heavy (non-hydrogen) atoms. The summed E-state index contributed by atoms with van der Waals surface area (Å²) < 4.78 is 5.44. The van der Waals surface area contributed by atoms with E-state index in [1.54, 1.807) is 7.11 Å². The van der Waals surface area contributed by atoms with E-state index in [2.05, 4.69) is 46.8 Å². The van der Waals surface area contributed by atoms with Gasteiger partial charge in [0.05, 0.1) is 7.11 Å². The number of ether oxygens (including phenoxy) is 1. The van der Waals surface area contributed by atoms with Gasteiger partial charge >= 0.3 is 0 Å². The minimum Gasteiger partial charge on any atom is -0.496 e. The topological polar surface area (TPSA) is 35.2 Å². The van der Waals surface area contributed by atoms with Crippen LogP contribution in [0.4, 0.5) is 0 Å². The lowest BCUT2D eigenvalue weighted by Gasteiger charge is -2.25. The molecule has 0 amide bonds. The third-order valence-corrected chi connectivity index (χ3v) is 3.15. The highest BCUT2D eigenvalue weighted by Gasteiger charge is 2.20. The molecule has 0 aliphatic heterocycles. The third-order valence-electron chi connectivity index (χ3n) is 3.15. The maximum atomic E-state index is 6.35. The molecule has 1 atom stereocenters. The molecule has 0 heterocycles. The summed E-state index contributed by atoms with van der Waals surface area (Å²) in [6, 6.07) is 6.38. The smallest absolute Gasteiger partial charge is 0.123 e.